The molecule has 1 aliphatic heterocycles. The summed E-state index contributed by atoms with van der Waals surface area (Å²) in [5.74, 6) is 0.522. The van der Waals surface area contributed by atoms with Crippen molar-refractivity contribution >= 4 is 46.6 Å². The van der Waals surface area contributed by atoms with E-state index in [-0.39, 0.29) is 5.91 Å². The smallest absolute Gasteiger partial charge is 0.280 e. The SMILES string of the molecule is CC1=NN(c2ccccc2)C(=O)/C1=C/c1cccc(OCc2ccc(Cl)cc2Cl)c1. The largest absolute Gasteiger partial charge is 0.489 e. The molecule has 0 atom stereocenters. The van der Waals surface area contributed by atoms with E-state index in [4.69, 9.17) is 27.9 Å². The quantitative estimate of drug-likeness (QED) is 0.435. The summed E-state index contributed by atoms with van der Waals surface area (Å²) in [4.78, 5) is 12.9. The molecule has 1 heterocycles. The zero-order valence-electron chi connectivity index (χ0n) is 16.2. The van der Waals surface area contributed by atoms with Gasteiger partial charge < -0.3 is 4.74 Å². The number of hydrogen-bond donors (Lipinski definition) is 0. The Kier molecular flexibility index (Phi) is 5.88. The van der Waals surface area contributed by atoms with Gasteiger partial charge in [0, 0.05) is 15.6 Å². The molecule has 0 radical (unpaired) electrons. The molecule has 0 saturated carbocycles. The molecule has 150 valence electrons. The van der Waals surface area contributed by atoms with Gasteiger partial charge >= 0.3 is 0 Å². The Hall–Kier alpha value is -3.08. The molecule has 3 aromatic carbocycles. The fraction of sp³-hybridized carbons (Fsp3) is 0.0833. The van der Waals surface area contributed by atoms with E-state index in [0.29, 0.717) is 33.7 Å². The maximum Gasteiger partial charge on any atom is 0.280 e. The molecule has 0 fully saturated rings. The normalized spacial score (nSPS) is 14.9. The summed E-state index contributed by atoms with van der Waals surface area (Å²) >= 11 is 12.1. The van der Waals surface area contributed by atoms with E-state index in [1.807, 2.05) is 73.7 Å². The Labute approximate surface area is 185 Å². The number of anilines is 1. The first-order valence-electron chi connectivity index (χ1n) is 9.35. The molecule has 0 spiro atoms. The first kappa shape index (κ1) is 20.2. The second-order valence-corrected chi connectivity index (χ2v) is 7.64. The van der Waals surface area contributed by atoms with Gasteiger partial charge in [0.05, 0.1) is 17.0 Å². The number of ether oxygens (including phenoxy) is 1. The van der Waals surface area contributed by atoms with Gasteiger partial charge in [-0.05, 0) is 55.0 Å². The molecule has 0 bridgehead atoms. The summed E-state index contributed by atoms with van der Waals surface area (Å²) in [6.07, 6.45) is 1.83. The zero-order chi connectivity index (χ0) is 21.1. The van der Waals surface area contributed by atoms with E-state index >= 15 is 0 Å². The van der Waals surface area contributed by atoms with Crippen molar-refractivity contribution in [1.29, 1.82) is 0 Å². The van der Waals surface area contributed by atoms with Crippen LogP contribution in [0.25, 0.3) is 6.08 Å². The van der Waals surface area contributed by atoms with Crippen molar-refractivity contribution in [3.8, 4) is 5.75 Å². The van der Waals surface area contributed by atoms with Gasteiger partial charge in [-0.15, -0.1) is 0 Å². The Bertz CT molecular complexity index is 1160. The minimum atomic E-state index is -0.155. The van der Waals surface area contributed by atoms with Crippen LogP contribution < -0.4 is 9.75 Å². The van der Waals surface area contributed by atoms with Crippen LogP contribution in [0.2, 0.25) is 10.0 Å². The van der Waals surface area contributed by atoms with Crippen LogP contribution in [-0.2, 0) is 11.4 Å². The molecule has 0 aliphatic carbocycles. The van der Waals surface area contributed by atoms with Crippen LogP contribution in [0.15, 0.2) is 83.5 Å². The summed E-state index contributed by atoms with van der Waals surface area (Å²) in [5.41, 5.74) is 3.65. The van der Waals surface area contributed by atoms with Gasteiger partial charge in [-0.1, -0.05) is 59.6 Å². The molecule has 3 aromatic rings. The van der Waals surface area contributed by atoms with Crippen LogP contribution in [0.1, 0.15) is 18.1 Å². The zero-order valence-corrected chi connectivity index (χ0v) is 17.7. The molecule has 6 heteroatoms. The molecule has 1 amide bonds. The van der Waals surface area contributed by atoms with Gasteiger partial charge in [0.25, 0.3) is 5.91 Å². The molecule has 0 N–H and O–H groups in total. The molecule has 0 aromatic heterocycles. The lowest BCUT2D eigenvalue weighted by Crippen LogP contribution is -2.21. The number of rotatable bonds is 5. The lowest BCUT2D eigenvalue weighted by Gasteiger charge is -2.11. The number of para-hydroxylation sites is 1. The maximum atomic E-state index is 12.9. The van der Waals surface area contributed by atoms with Crippen molar-refractivity contribution in [1.82, 2.24) is 0 Å². The van der Waals surface area contributed by atoms with Crippen molar-refractivity contribution in [3.05, 3.63) is 99.5 Å². The number of hydrazone groups is 1. The lowest BCUT2D eigenvalue weighted by atomic mass is 10.1. The molecule has 0 saturated heterocycles. The Morgan fingerprint density at radius 2 is 1.80 bits per heavy atom. The molecule has 30 heavy (non-hydrogen) atoms. The minimum absolute atomic E-state index is 0.155. The first-order chi connectivity index (χ1) is 14.5. The van der Waals surface area contributed by atoms with Gasteiger partial charge in [-0.2, -0.15) is 10.1 Å². The number of amides is 1. The number of benzene rings is 3. The second-order valence-electron chi connectivity index (χ2n) is 6.79. The third kappa shape index (κ3) is 4.40. The van der Waals surface area contributed by atoms with Crippen LogP contribution in [-0.4, -0.2) is 11.6 Å². The molecular formula is C24H18Cl2N2O2. The summed E-state index contributed by atoms with van der Waals surface area (Å²) in [7, 11) is 0. The minimum Gasteiger partial charge on any atom is -0.489 e. The van der Waals surface area contributed by atoms with Crippen LogP contribution in [0.4, 0.5) is 5.69 Å². The number of carbonyl (C=O) groups excluding carboxylic acids is 1. The number of nitrogens with zero attached hydrogens (tertiary/aromatic N) is 2. The van der Waals surface area contributed by atoms with E-state index in [0.717, 1.165) is 16.8 Å². The summed E-state index contributed by atoms with van der Waals surface area (Å²) in [6, 6.07) is 22.2. The Morgan fingerprint density at radius 3 is 2.57 bits per heavy atom. The van der Waals surface area contributed by atoms with Crippen molar-refractivity contribution in [2.45, 2.75) is 13.5 Å². The Morgan fingerprint density at radius 1 is 1.00 bits per heavy atom. The fourth-order valence-electron chi connectivity index (χ4n) is 3.09. The topological polar surface area (TPSA) is 41.9 Å². The van der Waals surface area contributed by atoms with E-state index in [2.05, 4.69) is 5.10 Å². The van der Waals surface area contributed by atoms with Gasteiger partial charge in [0.15, 0.2) is 0 Å². The van der Waals surface area contributed by atoms with Crippen LogP contribution >= 0.6 is 23.2 Å². The van der Waals surface area contributed by atoms with Crippen LogP contribution in [0.3, 0.4) is 0 Å². The number of carbonyl (C=O) groups is 1. The highest BCUT2D eigenvalue weighted by atomic mass is 35.5. The average molecular weight is 437 g/mol. The highest BCUT2D eigenvalue weighted by molar-refractivity contribution is 6.35. The molecule has 0 unspecified atom stereocenters. The highest BCUT2D eigenvalue weighted by Crippen LogP contribution is 2.26. The van der Waals surface area contributed by atoms with Crippen molar-refractivity contribution < 1.29 is 9.53 Å². The summed E-state index contributed by atoms with van der Waals surface area (Å²) in [6.45, 7) is 2.15. The molecule has 4 rings (SSSR count). The number of hydrogen-bond acceptors (Lipinski definition) is 3. The summed E-state index contributed by atoms with van der Waals surface area (Å²) < 4.78 is 5.88. The monoisotopic (exact) mass is 436 g/mol. The van der Waals surface area contributed by atoms with Gasteiger partial charge in [0.1, 0.15) is 12.4 Å². The first-order valence-corrected chi connectivity index (χ1v) is 10.1. The third-order valence-electron chi connectivity index (χ3n) is 4.64. The van der Waals surface area contributed by atoms with Crippen molar-refractivity contribution in [2.75, 3.05) is 5.01 Å². The Balaban J connectivity index is 1.52. The van der Waals surface area contributed by atoms with E-state index in [9.17, 15) is 4.79 Å². The molecular weight excluding hydrogens is 419 g/mol. The van der Waals surface area contributed by atoms with Crippen LogP contribution in [0, 0.1) is 0 Å². The third-order valence-corrected chi connectivity index (χ3v) is 5.23. The highest BCUT2D eigenvalue weighted by Gasteiger charge is 2.28. The van der Waals surface area contributed by atoms with Gasteiger partial charge in [-0.3, -0.25) is 4.79 Å². The molecule has 4 nitrogen and oxygen atoms in total. The predicted octanol–water partition coefficient (Wildman–Crippen LogP) is 6.38. The van der Waals surface area contributed by atoms with E-state index < -0.39 is 0 Å². The standard InChI is InChI=1S/C24H18Cl2N2O2/c1-16-22(24(29)28(27-16)20-7-3-2-4-8-20)13-17-6-5-9-21(12-17)30-15-18-10-11-19(25)14-23(18)26/h2-14H,15H2,1H3/b22-13+. The second kappa shape index (κ2) is 8.74. The van der Waals surface area contributed by atoms with E-state index in [1.165, 1.54) is 5.01 Å². The molecule has 1 aliphatic rings. The van der Waals surface area contributed by atoms with Gasteiger partial charge in [-0.25, -0.2) is 0 Å². The van der Waals surface area contributed by atoms with Crippen LogP contribution in [0.5, 0.6) is 5.75 Å². The summed E-state index contributed by atoms with van der Waals surface area (Å²) in [5, 5.41) is 6.97. The average Bonchev–Trinajstić information content (AvgIpc) is 3.02. The van der Waals surface area contributed by atoms with Crippen molar-refractivity contribution in [2.24, 2.45) is 5.10 Å². The maximum absolute atomic E-state index is 12.9. The lowest BCUT2D eigenvalue weighted by molar-refractivity contribution is -0.114. The van der Waals surface area contributed by atoms with Gasteiger partial charge in [0.2, 0.25) is 0 Å². The van der Waals surface area contributed by atoms with Crippen molar-refractivity contribution in [3.63, 3.8) is 0 Å². The predicted molar refractivity (Wildman–Crippen MR) is 122 cm³/mol. The van der Waals surface area contributed by atoms with E-state index in [1.54, 1.807) is 12.1 Å². The number of halogens is 2. The fourth-order valence-corrected chi connectivity index (χ4v) is 3.55.